The van der Waals surface area contributed by atoms with E-state index in [1.54, 1.807) is 0 Å². The summed E-state index contributed by atoms with van der Waals surface area (Å²) in [7, 11) is 0. The predicted molar refractivity (Wildman–Crippen MR) is 131 cm³/mol. The smallest absolute Gasteiger partial charge is 0.0644 e. The van der Waals surface area contributed by atoms with E-state index in [-0.39, 0.29) is 23.5 Å². The van der Waals surface area contributed by atoms with Crippen molar-refractivity contribution in [3.8, 4) is 0 Å². The minimum Gasteiger partial charge on any atom is -0.393 e. The van der Waals surface area contributed by atoms with Crippen molar-refractivity contribution in [2.45, 2.75) is 130 Å². The minimum absolute atomic E-state index is 0.0194. The molecule has 11 atom stereocenters. The molecule has 0 amide bonds. The molecule has 6 saturated carbocycles. The summed E-state index contributed by atoms with van der Waals surface area (Å²) in [6.45, 7) is 13.8. The summed E-state index contributed by atoms with van der Waals surface area (Å²) < 4.78 is 0. The van der Waals surface area contributed by atoms with E-state index in [9.17, 15) is 15.3 Å². The average Bonchev–Trinajstić information content (AvgIpc) is 3.10. The van der Waals surface area contributed by atoms with E-state index in [0.717, 1.165) is 25.2 Å². The maximum atomic E-state index is 11.4. The van der Waals surface area contributed by atoms with Crippen molar-refractivity contribution >= 4 is 0 Å². The number of aliphatic hydroxyl groups excluding tert-OH is 2. The van der Waals surface area contributed by atoms with Gasteiger partial charge in [0.25, 0.3) is 0 Å². The van der Waals surface area contributed by atoms with Crippen LogP contribution in [0.3, 0.4) is 0 Å². The van der Waals surface area contributed by atoms with Crippen molar-refractivity contribution in [2.75, 3.05) is 0 Å². The molecule has 0 unspecified atom stereocenters. The standard InChI is InChI=1S/C30H50O3/c1-25(2)21-9-10-22-28(6)13-11-19(18-7-8-20(24(18)32)26(3,4)33)27(28,5)15-16-30(22)17-29(21,30)14-12-23(25)31/h18-24,31-33H,7-17H2,1-6H3/t18-,19-,20-,21+,22+,23+,24-,27-,28+,29-,30+/m1/s1. The molecule has 3 N–H and O–H groups in total. The third kappa shape index (κ3) is 2.59. The lowest BCUT2D eigenvalue weighted by Gasteiger charge is -2.63. The first kappa shape index (κ1) is 23.3. The lowest BCUT2D eigenvalue weighted by molar-refractivity contribution is -0.165. The Kier molecular flexibility index (Phi) is 4.66. The highest BCUT2D eigenvalue weighted by Gasteiger charge is 2.82. The highest BCUT2D eigenvalue weighted by Crippen LogP contribution is 2.89. The lowest BCUT2D eigenvalue weighted by Crippen LogP contribution is -2.58. The largest absolute Gasteiger partial charge is 0.393 e. The maximum Gasteiger partial charge on any atom is 0.0644 e. The van der Waals surface area contributed by atoms with Gasteiger partial charge in [-0.2, -0.15) is 0 Å². The second kappa shape index (κ2) is 6.60. The van der Waals surface area contributed by atoms with Crippen LogP contribution in [0, 0.1) is 56.7 Å². The molecule has 0 radical (unpaired) electrons. The van der Waals surface area contributed by atoms with Crippen molar-refractivity contribution < 1.29 is 15.3 Å². The summed E-state index contributed by atoms with van der Waals surface area (Å²) in [6.07, 6.45) is 13.2. The Bertz CT molecular complexity index is 829. The Balaban J connectivity index is 1.30. The topological polar surface area (TPSA) is 60.7 Å². The van der Waals surface area contributed by atoms with Gasteiger partial charge in [0.1, 0.15) is 0 Å². The van der Waals surface area contributed by atoms with Gasteiger partial charge in [-0.25, -0.2) is 0 Å². The summed E-state index contributed by atoms with van der Waals surface area (Å²) in [5.41, 5.74) is 0.984. The fourth-order valence-corrected chi connectivity index (χ4v) is 12.3. The third-order valence-corrected chi connectivity index (χ3v) is 14.2. The molecule has 0 aromatic heterocycles. The van der Waals surface area contributed by atoms with Crippen LogP contribution in [-0.4, -0.2) is 33.1 Å². The zero-order valence-corrected chi connectivity index (χ0v) is 22.2. The molecule has 33 heavy (non-hydrogen) atoms. The van der Waals surface area contributed by atoms with E-state index in [2.05, 4.69) is 27.7 Å². The van der Waals surface area contributed by atoms with E-state index in [4.69, 9.17) is 0 Å². The summed E-state index contributed by atoms with van der Waals surface area (Å²) >= 11 is 0. The Morgan fingerprint density at radius 1 is 0.697 bits per heavy atom. The molecule has 0 saturated heterocycles. The Morgan fingerprint density at radius 3 is 2.03 bits per heavy atom. The van der Waals surface area contributed by atoms with E-state index in [1.807, 2.05) is 13.8 Å². The van der Waals surface area contributed by atoms with Crippen LogP contribution < -0.4 is 0 Å². The van der Waals surface area contributed by atoms with Crippen LogP contribution in [-0.2, 0) is 0 Å². The molecule has 0 aromatic rings. The second-order valence-corrected chi connectivity index (χ2v) is 15.5. The van der Waals surface area contributed by atoms with Gasteiger partial charge in [-0.15, -0.1) is 0 Å². The number of aliphatic hydroxyl groups is 3. The molecule has 6 rings (SSSR count). The Morgan fingerprint density at radius 2 is 1.36 bits per heavy atom. The quantitative estimate of drug-likeness (QED) is 0.479. The summed E-state index contributed by atoms with van der Waals surface area (Å²) in [6, 6.07) is 0. The lowest BCUT2D eigenvalue weighted by atomic mass is 9.41. The molecule has 3 heteroatoms. The van der Waals surface area contributed by atoms with E-state index >= 15 is 0 Å². The normalized spacial score (nSPS) is 59.4. The Labute approximate surface area is 202 Å². The molecule has 0 aliphatic heterocycles. The van der Waals surface area contributed by atoms with Gasteiger partial charge in [-0.3, -0.25) is 0 Å². The van der Waals surface area contributed by atoms with Crippen molar-refractivity contribution in [2.24, 2.45) is 56.7 Å². The molecular weight excluding hydrogens is 408 g/mol. The number of hydrogen-bond acceptors (Lipinski definition) is 3. The number of fused-ring (bicyclic) bond motifs is 2. The fourth-order valence-electron chi connectivity index (χ4n) is 12.3. The molecule has 188 valence electrons. The highest BCUT2D eigenvalue weighted by atomic mass is 16.3. The van der Waals surface area contributed by atoms with Gasteiger partial charge in [0.2, 0.25) is 0 Å². The molecule has 0 bridgehead atoms. The Hall–Kier alpha value is -0.120. The van der Waals surface area contributed by atoms with E-state index in [1.165, 1.54) is 51.4 Å². The van der Waals surface area contributed by atoms with Gasteiger partial charge in [0.15, 0.2) is 0 Å². The van der Waals surface area contributed by atoms with Crippen molar-refractivity contribution in [1.82, 2.24) is 0 Å². The van der Waals surface area contributed by atoms with Gasteiger partial charge in [0, 0.05) is 5.92 Å². The molecule has 0 aromatic carbocycles. The number of hydrogen-bond donors (Lipinski definition) is 3. The van der Waals surface area contributed by atoms with Crippen molar-refractivity contribution in [3.05, 3.63) is 0 Å². The van der Waals surface area contributed by atoms with Gasteiger partial charge in [-0.05, 0) is 135 Å². The summed E-state index contributed by atoms with van der Waals surface area (Å²) in [5.74, 6) is 2.49. The van der Waals surface area contributed by atoms with Gasteiger partial charge in [-0.1, -0.05) is 27.7 Å². The third-order valence-electron chi connectivity index (χ3n) is 14.2. The van der Waals surface area contributed by atoms with Crippen LogP contribution in [0.4, 0.5) is 0 Å². The maximum absolute atomic E-state index is 11.4. The molecule has 6 aliphatic rings. The van der Waals surface area contributed by atoms with Crippen molar-refractivity contribution in [1.29, 1.82) is 0 Å². The first-order chi connectivity index (χ1) is 15.2. The average molecular weight is 459 g/mol. The van der Waals surface area contributed by atoms with Crippen LogP contribution >= 0.6 is 0 Å². The van der Waals surface area contributed by atoms with Crippen LogP contribution in [0.2, 0.25) is 0 Å². The molecule has 3 nitrogen and oxygen atoms in total. The SMILES string of the molecule is CC(C)(O)[C@@H]1CC[C@H]([C@H]2CC[C@@]3(C)[C@@H]4CC[C@H]5C(C)(C)[C@@H](O)CC[C@@]56C[C@@]46CC[C@]23C)[C@H]1O. The number of rotatable bonds is 2. The molecule has 0 heterocycles. The monoisotopic (exact) mass is 458 g/mol. The van der Waals surface area contributed by atoms with Crippen LogP contribution in [0.5, 0.6) is 0 Å². The first-order valence-corrected chi connectivity index (χ1v) is 14.3. The summed E-state index contributed by atoms with van der Waals surface area (Å²) in [5, 5.41) is 32.9. The zero-order valence-electron chi connectivity index (χ0n) is 22.2. The summed E-state index contributed by atoms with van der Waals surface area (Å²) in [4.78, 5) is 0. The molecular formula is C30H50O3. The fraction of sp³-hybridized carbons (Fsp3) is 1.00. The van der Waals surface area contributed by atoms with E-state index < -0.39 is 5.60 Å². The van der Waals surface area contributed by atoms with Crippen LogP contribution in [0.25, 0.3) is 0 Å². The predicted octanol–water partition coefficient (Wildman–Crippen LogP) is 5.94. The highest BCUT2D eigenvalue weighted by molar-refractivity contribution is 5.30. The van der Waals surface area contributed by atoms with Gasteiger partial charge < -0.3 is 15.3 Å². The minimum atomic E-state index is -0.787. The molecule has 6 aliphatic carbocycles. The first-order valence-electron chi connectivity index (χ1n) is 14.3. The molecule has 2 spiro atoms. The zero-order chi connectivity index (χ0) is 23.8. The van der Waals surface area contributed by atoms with Gasteiger partial charge in [0.05, 0.1) is 17.8 Å². The second-order valence-electron chi connectivity index (χ2n) is 15.5. The van der Waals surface area contributed by atoms with E-state index in [0.29, 0.717) is 39.4 Å². The molecule has 6 fully saturated rings. The van der Waals surface area contributed by atoms with Gasteiger partial charge >= 0.3 is 0 Å². The van der Waals surface area contributed by atoms with Crippen LogP contribution in [0.15, 0.2) is 0 Å². The van der Waals surface area contributed by atoms with Crippen molar-refractivity contribution in [3.63, 3.8) is 0 Å². The van der Waals surface area contributed by atoms with Crippen LogP contribution in [0.1, 0.15) is 112 Å².